The second-order valence-corrected chi connectivity index (χ2v) is 5.64. The molecule has 0 saturated carbocycles. The van der Waals surface area contributed by atoms with Crippen LogP contribution in [0.2, 0.25) is 0 Å². The van der Waals surface area contributed by atoms with Crippen molar-refractivity contribution in [1.82, 2.24) is 10.2 Å². The van der Waals surface area contributed by atoms with Gasteiger partial charge < -0.3 is 15.3 Å². The maximum absolute atomic E-state index is 12.4. The summed E-state index contributed by atoms with van der Waals surface area (Å²) in [6, 6.07) is 17.9. The van der Waals surface area contributed by atoms with Crippen LogP contribution in [0.15, 0.2) is 60.7 Å². The number of carbonyl (C=O) groups is 2. The molecule has 0 aliphatic rings. The second kappa shape index (κ2) is 8.84. The van der Waals surface area contributed by atoms with Crippen molar-refractivity contribution >= 4 is 11.8 Å². The Morgan fingerprint density at radius 2 is 1.54 bits per heavy atom. The predicted molar refractivity (Wildman–Crippen MR) is 92.1 cm³/mol. The zero-order valence-electron chi connectivity index (χ0n) is 13.7. The normalized spacial score (nSPS) is 11.6. The average Bonchev–Trinajstić information content (AvgIpc) is 2.60. The standard InChI is InChI=1S/C19H22N2O3/c1-21(13-16-10-6-3-7-11-16)19(24)17(14-22)20-18(23)12-15-8-4-2-5-9-15/h2-11,17,22H,12-14H2,1H3,(H,20,23). The van der Waals surface area contributed by atoms with Gasteiger partial charge in [0.15, 0.2) is 0 Å². The Morgan fingerprint density at radius 3 is 2.08 bits per heavy atom. The molecule has 2 N–H and O–H groups in total. The van der Waals surface area contributed by atoms with E-state index in [2.05, 4.69) is 5.32 Å². The molecule has 2 aromatic carbocycles. The molecule has 0 heterocycles. The third-order valence-electron chi connectivity index (χ3n) is 3.66. The van der Waals surface area contributed by atoms with E-state index >= 15 is 0 Å². The molecule has 2 amide bonds. The summed E-state index contributed by atoms with van der Waals surface area (Å²) in [4.78, 5) is 26.0. The number of nitrogens with zero attached hydrogens (tertiary/aromatic N) is 1. The first-order chi connectivity index (χ1) is 11.6. The van der Waals surface area contributed by atoms with Gasteiger partial charge in [0.25, 0.3) is 0 Å². The van der Waals surface area contributed by atoms with Crippen LogP contribution in [0.5, 0.6) is 0 Å². The zero-order chi connectivity index (χ0) is 17.4. The summed E-state index contributed by atoms with van der Waals surface area (Å²) >= 11 is 0. The van der Waals surface area contributed by atoms with Crippen molar-refractivity contribution in [2.75, 3.05) is 13.7 Å². The van der Waals surface area contributed by atoms with E-state index in [1.165, 1.54) is 4.90 Å². The van der Waals surface area contributed by atoms with Gasteiger partial charge in [0.05, 0.1) is 13.0 Å². The predicted octanol–water partition coefficient (Wildman–Crippen LogP) is 1.36. The van der Waals surface area contributed by atoms with Gasteiger partial charge in [-0.15, -0.1) is 0 Å². The monoisotopic (exact) mass is 326 g/mol. The fourth-order valence-corrected chi connectivity index (χ4v) is 2.41. The van der Waals surface area contributed by atoms with Gasteiger partial charge in [-0.05, 0) is 11.1 Å². The molecule has 0 saturated heterocycles. The van der Waals surface area contributed by atoms with Crippen LogP contribution < -0.4 is 5.32 Å². The van der Waals surface area contributed by atoms with Crippen LogP contribution in [0.3, 0.4) is 0 Å². The van der Waals surface area contributed by atoms with E-state index in [9.17, 15) is 14.7 Å². The van der Waals surface area contributed by atoms with E-state index in [0.29, 0.717) is 6.54 Å². The molecule has 2 rings (SSSR count). The smallest absolute Gasteiger partial charge is 0.247 e. The van der Waals surface area contributed by atoms with Gasteiger partial charge in [-0.25, -0.2) is 0 Å². The molecule has 24 heavy (non-hydrogen) atoms. The third kappa shape index (κ3) is 5.21. The Kier molecular flexibility index (Phi) is 6.51. The molecule has 126 valence electrons. The largest absolute Gasteiger partial charge is 0.394 e. The van der Waals surface area contributed by atoms with Crippen LogP contribution >= 0.6 is 0 Å². The molecule has 0 fully saturated rings. The maximum Gasteiger partial charge on any atom is 0.247 e. The Balaban J connectivity index is 1.91. The summed E-state index contributed by atoms with van der Waals surface area (Å²) in [7, 11) is 1.65. The van der Waals surface area contributed by atoms with Crippen LogP contribution in [0.1, 0.15) is 11.1 Å². The van der Waals surface area contributed by atoms with E-state index in [1.54, 1.807) is 7.05 Å². The first-order valence-corrected chi connectivity index (χ1v) is 7.83. The molecule has 1 unspecified atom stereocenters. The van der Waals surface area contributed by atoms with Crippen molar-refractivity contribution in [3.63, 3.8) is 0 Å². The number of aliphatic hydroxyl groups excluding tert-OH is 1. The van der Waals surface area contributed by atoms with Crippen LogP contribution in [0.4, 0.5) is 0 Å². The number of benzene rings is 2. The third-order valence-corrected chi connectivity index (χ3v) is 3.66. The number of hydrogen-bond acceptors (Lipinski definition) is 3. The van der Waals surface area contributed by atoms with E-state index < -0.39 is 12.6 Å². The topological polar surface area (TPSA) is 69.6 Å². The Bertz CT molecular complexity index is 659. The van der Waals surface area contributed by atoms with Gasteiger partial charge in [-0.1, -0.05) is 60.7 Å². The summed E-state index contributed by atoms with van der Waals surface area (Å²) in [6.45, 7) is -0.0107. The number of aliphatic hydroxyl groups is 1. The lowest BCUT2D eigenvalue weighted by molar-refractivity contribution is -0.136. The Morgan fingerprint density at radius 1 is 1.00 bits per heavy atom. The molecule has 0 aliphatic carbocycles. The lowest BCUT2D eigenvalue weighted by Gasteiger charge is -2.23. The molecule has 0 aromatic heterocycles. The molecular weight excluding hydrogens is 304 g/mol. The van der Waals surface area contributed by atoms with Crippen LogP contribution in [0.25, 0.3) is 0 Å². The second-order valence-electron chi connectivity index (χ2n) is 5.64. The lowest BCUT2D eigenvalue weighted by atomic mass is 10.1. The van der Waals surface area contributed by atoms with E-state index in [1.807, 2.05) is 60.7 Å². The number of nitrogens with one attached hydrogen (secondary N) is 1. The minimum Gasteiger partial charge on any atom is -0.394 e. The maximum atomic E-state index is 12.4. The van der Waals surface area contributed by atoms with Gasteiger partial charge >= 0.3 is 0 Å². The fourth-order valence-electron chi connectivity index (χ4n) is 2.41. The van der Waals surface area contributed by atoms with Gasteiger partial charge in [-0.2, -0.15) is 0 Å². The molecule has 5 heteroatoms. The zero-order valence-corrected chi connectivity index (χ0v) is 13.7. The molecule has 0 aliphatic heterocycles. The average molecular weight is 326 g/mol. The van der Waals surface area contributed by atoms with E-state index in [-0.39, 0.29) is 18.2 Å². The van der Waals surface area contributed by atoms with Gasteiger partial charge in [0.1, 0.15) is 6.04 Å². The Labute approximate surface area is 141 Å². The molecular formula is C19H22N2O3. The lowest BCUT2D eigenvalue weighted by Crippen LogP contribution is -2.49. The first kappa shape index (κ1) is 17.7. The van der Waals surface area contributed by atoms with Crippen molar-refractivity contribution in [2.45, 2.75) is 19.0 Å². The first-order valence-electron chi connectivity index (χ1n) is 7.83. The van der Waals surface area contributed by atoms with Crippen molar-refractivity contribution < 1.29 is 14.7 Å². The minimum absolute atomic E-state index is 0.174. The summed E-state index contributed by atoms with van der Waals surface area (Å²) < 4.78 is 0. The molecule has 0 spiro atoms. The van der Waals surface area contributed by atoms with Crippen LogP contribution in [-0.4, -0.2) is 41.5 Å². The number of likely N-dealkylation sites (N-methyl/N-ethyl adjacent to an activating group) is 1. The molecule has 2 aromatic rings. The van der Waals surface area contributed by atoms with E-state index in [0.717, 1.165) is 11.1 Å². The van der Waals surface area contributed by atoms with Gasteiger partial charge in [-0.3, -0.25) is 9.59 Å². The Hall–Kier alpha value is -2.66. The fraction of sp³-hybridized carbons (Fsp3) is 0.263. The van der Waals surface area contributed by atoms with Crippen molar-refractivity contribution in [1.29, 1.82) is 0 Å². The van der Waals surface area contributed by atoms with Crippen molar-refractivity contribution in [3.8, 4) is 0 Å². The highest BCUT2D eigenvalue weighted by atomic mass is 16.3. The summed E-state index contributed by atoms with van der Waals surface area (Å²) in [5.41, 5.74) is 1.84. The van der Waals surface area contributed by atoms with Crippen LogP contribution in [-0.2, 0) is 22.6 Å². The molecule has 0 bridgehead atoms. The van der Waals surface area contributed by atoms with Gasteiger partial charge in [0.2, 0.25) is 11.8 Å². The minimum atomic E-state index is -0.935. The highest BCUT2D eigenvalue weighted by Crippen LogP contribution is 2.05. The van der Waals surface area contributed by atoms with Crippen LogP contribution in [0, 0.1) is 0 Å². The number of rotatable bonds is 7. The SMILES string of the molecule is CN(Cc1ccccc1)C(=O)C(CO)NC(=O)Cc1ccccc1. The van der Waals surface area contributed by atoms with Gasteiger partial charge in [0, 0.05) is 13.6 Å². The van der Waals surface area contributed by atoms with Crippen molar-refractivity contribution in [3.05, 3.63) is 71.8 Å². The van der Waals surface area contributed by atoms with Crippen molar-refractivity contribution in [2.24, 2.45) is 0 Å². The summed E-state index contributed by atoms with van der Waals surface area (Å²) in [5.74, 6) is -0.607. The number of carbonyl (C=O) groups excluding carboxylic acids is 2. The molecule has 5 nitrogen and oxygen atoms in total. The molecule has 1 atom stereocenters. The molecule has 0 radical (unpaired) electrons. The number of amides is 2. The summed E-state index contributed by atoms with van der Waals surface area (Å²) in [5, 5.41) is 12.1. The highest BCUT2D eigenvalue weighted by molar-refractivity contribution is 5.88. The highest BCUT2D eigenvalue weighted by Gasteiger charge is 2.23. The quantitative estimate of drug-likeness (QED) is 0.807. The summed E-state index contributed by atoms with van der Waals surface area (Å²) in [6.07, 6.45) is 0.174. The number of hydrogen-bond donors (Lipinski definition) is 2. The van der Waals surface area contributed by atoms with E-state index in [4.69, 9.17) is 0 Å².